The smallest absolute Gasteiger partial charge is 0.248 e. The summed E-state index contributed by atoms with van der Waals surface area (Å²) in [5.74, 6) is -0.136. The molecule has 0 bridgehead atoms. The number of hydrogen-bond acceptors (Lipinski definition) is 3. The van der Waals surface area contributed by atoms with Crippen LogP contribution in [0.5, 0.6) is 0 Å². The van der Waals surface area contributed by atoms with E-state index in [0.29, 0.717) is 23.7 Å². The molecule has 2 amide bonds. The van der Waals surface area contributed by atoms with Crippen molar-refractivity contribution < 1.29 is 9.59 Å². The van der Waals surface area contributed by atoms with Crippen LogP contribution in [0.1, 0.15) is 24.2 Å². The molecule has 0 aliphatic rings. The second-order valence-electron chi connectivity index (χ2n) is 4.50. The van der Waals surface area contributed by atoms with E-state index in [1.54, 1.807) is 24.3 Å². The number of carbonyl (C=O) groups is 2. The Morgan fingerprint density at radius 3 is 2.67 bits per heavy atom. The van der Waals surface area contributed by atoms with Gasteiger partial charge in [-0.05, 0) is 24.1 Å². The minimum absolute atomic E-state index is 0.0758. The van der Waals surface area contributed by atoms with Gasteiger partial charge in [0, 0.05) is 17.8 Å². The van der Waals surface area contributed by atoms with Gasteiger partial charge in [-0.1, -0.05) is 19.9 Å². The number of primary amides is 1. The van der Waals surface area contributed by atoms with Gasteiger partial charge in [0.25, 0.3) is 0 Å². The Balaban J connectivity index is 2.46. The maximum absolute atomic E-state index is 11.5. The zero-order valence-electron chi connectivity index (χ0n) is 10.7. The van der Waals surface area contributed by atoms with Gasteiger partial charge in [-0.25, -0.2) is 0 Å². The van der Waals surface area contributed by atoms with Gasteiger partial charge in [-0.2, -0.15) is 0 Å². The third-order valence-corrected chi connectivity index (χ3v) is 2.31. The van der Waals surface area contributed by atoms with E-state index in [4.69, 9.17) is 5.73 Å². The van der Waals surface area contributed by atoms with Crippen LogP contribution in [0.2, 0.25) is 0 Å². The normalized spacial score (nSPS) is 10.2. The number of amides is 2. The Hall–Kier alpha value is -2.04. The Morgan fingerprint density at radius 2 is 2.06 bits per heavy atom. The van der Waals surface area contributed by atoms with Gasteiger partial charge in [0.2, 0.25) is 11.8 Å². The molecule has 0 atom stereocenters. The molecule has 0 heterocycles. The van der Waals surface area contributed by atoms with Crippen molar-refractivity contribution in [3.05, 3.63) is 29.8 Å². The van der Waals surface area contributed by atoms with Crippen molar-refractivity contribution in [2.24, 2.45) is 11.7 Å². The molecule has 5 heteroatoms. The lowest BCUT2D eigenvalue weighted by molar-refractivity contribution is -0.119. The number of nitrogens with one attached hydrogen (secondary N) is 2. The quantitative estimate of drug-likeness (QED) is 0.702. The lowest BCUT2D eigenvalue weighted by Gasteiger charge is -2.09. The van der Waals surface area contributed by atoms with Gasteiger partial charge in [0.05, 0.1) is 6.54 Å². The van der Waals surface area contributed by atoms with E-state index in [-0.39, 0.29) is 12.5 Å². The average Bonchev–Trinajstić information content (AvgIpc) is 2.34. The number of carbonyl (C=O) groups excluding carboxylic acids is 2. The summed E-state index contributed by atoms with van der Waals surface area (Å²) in [7, 11) is 0. The highest BCUT2D eigenvalue weighted by Crippen LogP contribution is 2.09. The maximum atomic E-state index is 11.5. The van der Waals surface area contributed by atoms with Crippen molar-refractivity contribution in [2.45, 2.75) is 13.8 Å². The van der Waals surface area contributed by atoms with Crippen LogP contribution in [0.3, 0.4) is 0 Å². The van der Waals surface area contributed by atoms with Crippen molar-refractivity contribution in [3.8, 4) is 0 Å². The summed E-state index contributed by atoms with van der Waals surface area (Å²) in [6.07, 6.45) is 0. The van der Waals surface area contributed by atoms with Gasteiger partial charge < -0.3 is 16.4 Å². The molecule has 0 spiro atoms. The van der Waals surface area contributed by atoms with Crippen LogP contribution in [0.15, 0.2) is 24.3 Å². The minimum atomic E-state index is -0.483. The number of benzene rings is 1. The van der Waals surface area contributed by atoms with Gasteiger partial charge in [0.1, 0.15) is 0 Å². The van der Waals surface area contributed by atoms with E-state index >= 15 is 0 Å². The molecule has 18 heavy (non-hydrogen) atoms. The fraction of sp³-hybridized carbons (Fsp3) is 0.385. The summed E-state index contributed by atoms with van der Waals surface area (Å²) >= 11 is 0. The van der Waals surface area contributed by atoms with E-state index in [9.17, 15) is 9.59 Å². The minimum Gasteiger partial charge on any atom is -0.376 e. The van der Waals surface area contributed by atoms with Crippen LogP contribution in [0, 0.1) is 5.92 Å². The third-order valence-electron chi connectivity index (χ3n) is 2.31. The number of nitrogens with two attached hydrogens (primary N) is 1. The van der Waals surface area contributed by atoms with E-state index in [0.717, 1.165) is 0 Å². The predicted molar refractivity (Wildman–Crippen MR) is 71.3 cm³/mol. The highest BCUT2D eigenvalue weighted by atomic mass is 16.2. The monoisotopic (exact) mass is 249 g/mol. The highest BCUT2D eigenvalue weighted by molar-refractivity contribution is 5.93. The summed E-state index contributed by atoms with van der Waals surface area (Å²) in [6, 6.07) is 6.75. The summed E-state index contributed by atoms with van der Waals surface area (Å²) < 4.78 is 0. The standard InChI is InChI=1S/C13H19N3O2/c1-9(2)7-16-12(17)8-15-11-5-3-4-10(6-11)13(14)18/h3-6,9,15H,7-8H2,1-2H3,(H2,14,18)(H,16,17). The number of anilines is 1. The van der Waals surface area contributed by atoms with Crippen LogP contribution >= 0.6 is 0 Å². The van der Waals surface area contributed by atoms with E-state index in [1.807, 2.05) is 13.8 Å². The molecule has 0 saturated heterocycles. The van der Waals surface area contributed by atoms with Crippen molar-refractivity contribution in [1.82, 2.24) is 5.32 Å². The SMILES string of the molecule is CC(C)CNC(=O)CNc1cccc(C(N)=O)c1. The Bertz CT molecular complexity index is 430. The largest absolute Gasteiger partial charge is 0.376 e. The lowest BCUT2D eigenvalue weighted by atomic mass is 10.2. The fourth-order valence-corrected chi connectivity index (χ4v) is 1.35. The Morgan fingerprint density at radius 1 is 1.33 bits per heavy atom. The van der Waals surface area contributed by atoms with Gasteiger partial charge in [0.15, 0.2) is 0 Å². The maximum Gasteiger partial charge on any atom is 0.248 e. The third kappa shape index (κ3) is 4.86. The van der Waals surface area contributed by atoms with Gasteiger partial charge in [-0.3, -0.25) is 9.59 Å². The summed E-state index contributed by atoms with van der Waals surface area (Å²) in [4.78, 5) is 22.5. The Kier molecular flexibility index (Phi) is 5.17. The molecule has 0 aliphatic carbocycles. The molecule has 1 rings (SSSR count). The molecule has 1 aromatic carbocycles. The molecule has 0 fully saturated rings. The first-order chi connectivity index (χ1) is 8.49. The molecule has 0 radical (unpaired) electrons. The highest BCUT2D eigenvalue weighted by Gasteiger charge is 2.04. The topological polar surface area (TPSA) is 84.2 Å². The molecule has 1 aromatic rings. The van der Waals surface area contributed by atoms with Crippen molar-refractivity contribution in [2.75, 3.05) is 18.4 Å². The molecule has 0 unspecified atom stereocenters. The van der Waals surface area contributed by atoms with E-state index in [1.165, 1.54) is 0 Å². The van der Waals surface area contributed by atoms with Gasteiger partial charge >= 0.3 is 0 Å². The second-order valence-corrected chi connectivity index (χ2v) is 4.50. The van der Waals surface area contributed by atoms with Crippen LogP contribution in [0.25, 0.3) is 0 Å². The zero-order valence-corrected chi connectivity index (χ0v) is 10.7. The molecule has 4 N–H and O–H groups in total. The number of rotatable bonds is 6. The first-order valence-corrected chi connectivity index (χ1v) is 5.89. The zero-order chi connectivity index (χ0) is 13.5. The summed E-state index contributed by atoms with van der Waals surface area (Å²) in [5.41, 5.74) is 6.29. The first kappa shape index (κ1) is 14.0. The fourth-order valence-electron chi connectivity index (χ4n) is 1.35. The molecule has 5 nitrogen and oxygen atoms in total. The molecular weight excluding hydrogens is 230 g/mol. The first-order valence-electron chi connectivity index (χ1n) is 5.89. The molecule has 0 saturated carbocycles. The van der Waals surface area contributed by atoms with Crippen molar-refractivity contribution in [3.63, 3.8) is 0 Å². The van der Waals surface area contributed by atoms with E-state index < -0.39 is 5.91 Å². The van der Waals surface area contributed by atoms with E-state index in [2.05, 4.69) is 10.6 Å². The number of hydrogen-bond donors (Lipinski definition) is 3. The predicted octanol–water partition coefficient (Wildman–Crippen LogP) is 0.970. The second kappa shape index (κ2) is 6.64. The lowest BCUT2D eigenvalue weighted by Crippen LogP contribution is -2.32. The van der Waals surface area contributed by atoms with Crippen LogP contribution in [0.4, 0.5) is 5.69 Å². The van der Waals surface area contributed by atoms with Crippen LogP contribution < -0.4 is 16.4 Å². The molecular formula is C13H19N3O2. The summed E-state index contributed by atoms with van der Waals surface area (Å²) in [5, 5.41) is 5.74. The summed E-state index contributed by atoms with van der Waals surface area (Å²) in [6.45, 7) is 4.89. The van der Waals surface area contributed by atoms with Crippen LogP contribution in [-0.4, -0.2) is 24.9 Å². The van der Waals surface area contributed by atoms with Crippen molar-refractivity contribution >= 4 is 17.5 Å². The molecule has 0 aliphatic heterocycles. The molecule has 98 valence electrons. The van der Waals surface area contributed by atoms with Gasteiger partial charge in [-0.15, -0.1) is 0 Å². The van der Waals surface area contributed by atoms with Crippen LogP contribution in [-0.2, 0) is 4.79 Å². The van der Waals surface area contributed by atoms with Crippen molar-refractivity contribution in [1.29, 1.82) is 0 Å². The Labute approximate surface area is 107 Å². The molecule has 0 aromatic heterocycles. The average molecular weight is 249 g/mol.